The fourth-order valence-electron chi connectivity index (χ4n) is 1.33. The van der Waals surface area contributed by atoms with Gasteiger partial charge < -0.3 is 5.32 Å². The Balaban J connectivity index is 2.46. The average molecular weight is 320 g/mol. The Bertz CT molecular complexity index is 651. The Morgan fingerprint density at radius 2 is 1.95 bits per heavy atom. The van der Waals surface area contributed by atoms with E-state index >= 15 is 0 Å². The van der Waals surface area contributed by atoms with E-state index in [1.54, 1.807) is 12.1 Å². The van der Waals surface area contributed by atoms with Crippen molar-refractivity contribution in [2.45, 2.75) is 0 Å². The molecule has 0 amide bonds. The Morgan fingerprint density at radius 3 is 2.63 bits per heavy atom. The molecule has 0 bridgehead atoms. The second kappa shape index (κ2) is 5.56. The van der Waals surface area contributed by atoms with Crippen LogP contribution in [-0.4, -0.2) is 14.9 Å². The van der Waals surface area contributed by atoms with Crippen LogP contribution in [0.1, 0.15) is 0 Å². The molecule has 0 unspecified atom stereocenters. The molecule has 0 fully saturated rings. The summed E-state index contributed by atoms with van der Waals surface area (Å²) in [4.78, 5) is 17.6. The lowest BCUT2D eigenvalue weighted by atomic mass is 10.3. The molecule has 1 aromatic carbocycles. The van der Waals surface area contributed by atoms with Gasteiger partial charge in [-0.25, -0.2) is 9.97 Å². The second-order valence-electron chi connectivity index (χ2n) is 3.37. The maximum Gasteiger partial charge on any atom is 0.348 e. The van der Waals surface area contributed by atoms with Crippen molar-refractivity contribution in [2.75, 3.05) is 5.32 Å². The lowest BCUT2D eigenvalue weighted by molar-refractivity contribution is -0.384. The van der Waals surface area contributed by atoms with Crippen LogP contribution in [0.25, 0.3) is 0 Å². The van der Waals surface area contributed by atoms with E-state index in [-0.39, 0.29) is 11.0 Å². The van der Waals surface area contributed by atoms with Gasteiger partial charge in [0, 0.05) is 5.02 Å². The largest absolute Gasteiger partial charge is 0.348 e. The van der Waals surface area contributed by atoms with Crippen molar-refractivity contribution in [3.05, 3.63) is 49.8 Å². The van der Waals surface area contributed by atoms with Crippen LogP contribution < -0.4 is 5.32 Å². The number of halogens is 3. The van der Waals surface area contributed by atoms with Crippen LogP contribution >= 0.6 is 34.8 Å². The fraction of sp³-hybridized carbons (Fsp3) is 0. The first-order chi connectivity index (χ1) is 8.99. The van der Waals surface area contributed by atoms with E-state index in [2.05, 4.69) is 15.3 Å². The normalized spacial score (nSPS) is 10.3. The second-order valence-corrected chi connectivity index (χ2v) is 4.57. The smallest absolute Gasteiger partial charge is 0.333 e. The highest BCUT2D eigenvalue weighted by Crippen LogP contribution is 2.33. The highest BCUT2D eigenvalue weighted by Gasteiger charge is 2.22. The average Bonchev–Trinajstić information content (AvgIpc) is 2.33. The van der Waals surface area contributed by atoms with Gasteiger partial charge in [-0.2, -0.15) is 0 Å². The summed E-state index contributed by atoms with van der Waals surface area (Å²) in [5, 5.41) is 14.1. The van der Waals surface area contributed by atoms with Gasteiger partial charge in [-0.05, 0) is 18.2 Å². The Labute approximate surface area is 122 Å². The number of aromatic nitrogens is 2. The summed E-state index contributed by atoms with van der Waals surface area (Å²) in [6, 6.07) is 4.67. The Kier molecular flexibility index (Phi) is 4.04. The van der Waals surface area contributed by atoms with Crippen LogP contribution in [-0.2, 0) is 0 Å². The summed E-state index contributed by atoms with van der Waals surface area (Å²) in [6.45, 7) is 0. The number of hydrogen-bond donors (Lipinski definition) is 1. The number of benzene rings is 1. The van der Waals surface area contributed by atoms with Crippen molar-refractivity contribution >= 4 is 52.0 Å². The van der Waals surface area contributed by atoms with Gasteiger partial charge in [0.05, 0.1) is 15.6 Å². The van der Waals surface area contributed by atoms with E-state index in [9.17, 15) is 10.1 Å². The molecule has 1 N–H and O–H groups in total. The molecule has 0 atom stereocenters. The molecule has 6 nitrogen and oxygen atoms in total. The summed E-state index contributed by atoms with van der Waals surface area (Å²) < 4.78 is 0. The third-order valence-electron chi connectivity index (χ3n) is 2.14. The molecule has 0 spiro atoms. The van der Waals surface area contributed by atoms with Crippen LogP contribution in [0.2, 0.25) is 15.2 Å². The van der Waals surface area contributed by atoms with Gasteiger partial charge >= 0.3 is 5.69 Å². The summed E-state index contributed by atoms with van der Waals surface area (Å²) in [5.74, 6) is -0.0610. The molecule has 2 aromatic rings. The monoisotopic (exact) mass is 318 g/mol. The molecule has 9 heteroatoms. The lowest BCUT2D eigenvalue weighted by Crippen LogP contribution is -2.02. The zero-order valence-corrected chi connectivity index (χ0v) is 11.4. The molecule has 0 saturated carbocycles. The number of anilines is 2. The minimum absolute atomic E-state index is 0.0610. The third kappa shape index (κ3) is 3.04. The first-order valence-electron chi connectivity index (χ1n) is 4.86. The molecule has 0 saturated heterocycles. The molecular formula is C10H5Cl3N4O2. The Hall–Kier alpha value is -1.63. The molecule has 1 aromatic heterocycles. The van der Waals surface area contributed by atoms with Crippen molar-refractivity contribution < 1.29 is 4.92 Å². The molecule has 0 aliphatic carbocycles. The molecule has 2 rings (SSSR count). The van der Waals surface area contributed by atoms with Gasteiger partial charge in [-0.15, -0.1) is 0 Å². The van der Waals surface area contributed by atoms with Crippen molar-refractivity contribution in [2.24, 2.45) is 0 Å². The Morgan fingerprint density at radius 1 is 1.21 bits per heavy atom. The van der Waals surface area contributed by atoms with Crippen molar-refractivity contribution in [3.8, 4) is 0 Å². The van der Waals surface area contributed by atoms with E-state index < -0.39 is 10.6 Å². The first kappa shape index (κ1) is 13.8. The highest BCUT2D eigenvalue weighted by molar-refractivity contribution is 6.35. The van der Waals surface area contributed by atoms with Crippen molar-refractivity contribution in [1.82, 2.24) is 9.97 Å². The third-order valence-corrected chi connectivity index (χ3v) is 2.98. The lowest BCUT2D eigenvalue weighted by Gasteiger charge is -2.08. The van der Waals surface area contributed by atoms with Gasteiger partial charge in [-0.3, -0.25) is 10.1 Å². The van der Waals surface area contributed by atoms with Crippen LogP contribution in [0.3, 0.4) is 0 Å². The molecule has 0 radical (unpaired) electrons. The summed E-state index contributed by atoms with van der Waals surface area (Å²) in [6.07, 6.45) is 1.11. The predicted octanol–water partition coefficient (Wildman–Crippen LogP) is 4.09. The summed E-state index contributed by atoms with van der Waals surface area (Å²) in [5.41, 5.74) is -0.0488. The predicted molar refractivity (Wildman–Crippen MR) is 73.4 cm³/mol. The van der Waals surface area contributed by atoms with Crippen molar-refractivity contribution in [3.63, 3.8) is 0 Å². The van der Waals surface area contributed by atoms with Crippen LogP contribution in [0, 0.1) is 10.1 Å². The molecule has 0 aliphatic heterocycles. The maximum absolute atomic E-state index is 10.9. The molecule has 1 heterocycles. The molecule has 98 valence electrons. The quantitative estimate of drug-likeness (QED) is 0.523. The zero-order chi connectivity index (χ0) is 14.0. The number of nitrogens with one attached hydrogen (secondary N) is 1. The van der Waals surface area contributed by atoms with Gasteiger partial charge in [0.1, 0.15) is 6.33 Å². The van der Waals surface area contributed by atoms with E-state index in [4.69, 9.17) is 34.8 Å². The number of nitro groups is 1. The maximum atomic E-state index is 10.9. The molecule has 0 aliphatic rings. The van der Waals surface area contributed by atoms with Gasteiger partial charge in [0.15, 0.2) is 0 Å². The van der Waals surface area contributed by atoms with Crippen LogP contribution in [0.4, 0.5) is 17.2 Å². The summed E-state index contributed by atoms with van der Waals surface area (Å²) in [7, 11) is 0. The summed E-state index contributed by atoms with van der Waals surface area (Å²) >= 11 is 17.4. The minimum Gasteiger partial charge on any atom is -0.333 e. The molecule has 19 heavy (non-hydrogen) atoms. The van der Waals surface area contributed by atoms with E-state index in [0.29, 0.717) is 15.7 Å². The van der Waals surface area contributed by atoms with Gasteiger partial charge in [0.2, 0.25) is 11.0 Å². The topological polar surface area (TPSA) is 81.0 Å². The van der Waals surface area contributed by atoms with Crippen LogP contribution in [0.15, 0.2) is 24.5 Å². The van der Waals surface area contributed by atoms with E-state index in [0.717, 1.165) is 6.33 Å². The SMILES string of the molecule is O=[N+]([O-])c1c(Cl)ncnc1Nc1cc(Cl)ccc1Cl. The fourth-order valence-corrected chi connectivity index (χ4v) is 1.87. The van der Waals surface area contributed by atoms with Crippen LogP contribution in [0.5, 0.6) is 0 Å². The van der Waals surface area contributed by atoms with Crippen molar-refractivity contribution in [1.29, 1.82) is 0 Å². The zero-order valence-electron chi connectivity index (χ0n) is 9.10. The van der Waals surface area contributed by atoms with E-state index in [1.807, 2.05) is 0 Å². The minimum atomic E-state index is -0.677. The molecular weight excluding hydrogens is 314 g/mol. The van der Waals surface area contributed by atoms with Gasteiger partial charge in [-0.1, -0.05) is 34.8 Å². The first-order valence-corrected chi connectivity index (χ1v) is 5.99. The van der Waals surface area contributed by atoms with Gasteiger partial charge in [0.25, 0.3) is 0 Å². The standard InChI is InChI=1S/C10H5Cl3N4O2/c11-5-1-2-6(12)7(3-5)16-10-8(17(18)19)9(13)14-4-15-10/h1-4H,(H,14,15,16). The number of rotatable bonds is 3. The van der Waals surface area contributed by atoms with E-state index in [1.165, 1.54) is 6.07 Å². The number of nitrogens with zero attached hydrogens (tertiary/aromatic N) is 3. The highest BCUT2D eigenvalue weighted by atomic mass is 35.5. The number of hydrogen-bond acceptors (Lipinski definition) is 5.